The summed E-state index contributed by atoms with van der Waals surface area (Å²) in [6.07, 6.45) is -0.690. The zero-order valence-electron chi connectivity index (χ0n) is 25.8. The van der Waals surface area contributed by atoms with Crippen molar-refractivity contribution >= 4 is 18.0 Å². The first kappa shape index (κ1) is 31.8. The summed E-state index contributed by atoms with van der Waals surface area (Å²) < 4.78 is 12.0. The van der Waals surface area contributed by atoms with Gasteiger partial charge in [0.05, 0.1) is 13.2 Å². The van der Waals surface area contributed by atoms with E-state index in [4.69, 9.17) is 9.47 Å². The Morgan fingerprint density at radius 1 is 0.884 bits per heavy atom. The summed E-state index contributed by atoms with van der Waals surface area (Å²) in [5, 5.41) is 13.1. The van der Waals surface area contributed by atoms with Crippen LogP contribution in [0.4, 0.5) is 4.79 Å². The van der Waals surface area contributed by atoms with E-state index in [0.29, 0.717) is 0 Å². The van der Waals surface area contributed by atoms with Crippen LogP contribution in [0.2, 0.25) is 0 Å². The lowest BCUT2D eigenvalue weighted by molar-refractivity contribution is -0.150. The fraction of sp³-hybridized carbons (Fsp3) is 0.400. The summed E-state index contributed by atoms with van der Waals surface area (Å²) >= 11 is 0. The van der Waals surface area contributed by atoms with Gasteiger partial charge in [0.1, 0.15) is 23.3 Å². The summed E-state index contributed by atoms with van der Waals surface area (Å²) in [5.41, 5.74) is 1.18. The Morgan fingerprint density at radius 3 is 1.98 bits per heavy atom. The second kappa shape index (κ2) is 12.6. The van der Waals surface area contributed by atoms with Gasteiger partial charge in [-0.3, -0.25) is 4.79 Å². The van der Waals surface area contributed by atoms with Gasteiger partial charge in [-0.25, -0.2) is 9.59 Å². The predicted molar refractivity (Wildman–Crippen MR) is 165 cm³/mol. The van der Waals surface area contributed by atoms with Crippen molar-refractivity contribution in [2.45, 2.75) is 77.9 Å². The van der Waals surface area contributed by atoms with Crippen LogP contribution in [-0.2, 0) is 31.3 Å². The highest BCUT2D eigenvalue weighted by Crippen LogP contribution is 2.42. The molecule has 3 aromatic rings. The van der Waals surface area contributed by atoms with E-state index in [1.54, 1.807) is 20.8 Å². The van der Waals surface area contributed by atoms with Crippen LogP contribution >= 0.6 is 0 Å². The molecule has 3 aromatic carbocycles. The fourth-order valence-corrected chi connectivity index (χ4v) is 5.35. The minimum absolute atomic E-state index is 0.00287. The highest BCUT2D eigenvalue weighted by Gasteiger charge is 2.53. The minimum atomic E-state index is -1.16. The van der Waals surface area contributed by atoms with Gasteiger partial charge in [-0.15, -0.1) is 0 Å². The number of nitrogens with zero attached hydrogens (tertiary/aromatic N) is 1. The molecule has 1 saturated heterocycles. The molecule has 2 N–H and O–H groups in total. The number of carboxylic acids is 1. The van der Waals surface area contributed by atoms with Crippen LogP contribution in [0.15, 0.2) is 84.9 Å². The Kier molecular flexibility index (Phi) is 9.30. The van der Waals surface area contributed by atoms with Crippen LogP contribution in [0, 0.1) is 5.41 Å². The molecule has 1 aliphatic rings. The number of aliphatic carboxylic acids is 1. The molecule has 8 nitrogen and oxygen atoms in total. The van der Waals surface area contributed by atoms with E-state index < -0.39 is 46.7 Å². The third-order valence-corrected chi connectivity index (χ3v) is 7.54. The van der Waals surface area contributed by atoms with Crippen LogP contribution < -0.4 is 5.32 Å². The molecule has 8 heteroatoms. The highest BCUT2D eigenvalue weighted by molar-refractivity contribution is 5.90. The van der Waals surface area contributed by atoms with Gasteiger partial charge in [-0.1, -0.05) is 106 Å². The first-order valence-electron chi connectivity index (χ1n) is 14.6. The third-order valence-electron chi connectivity index (χ3n) is 7.54. The van der Waals surface area contributed by atoms with E-state index in [0.717, 1.165) is 22.3 Å². The third kappa shape index (κ3) is 7.82. The van der Waals surface area contributed by atoms with Crippen molar-refractivity contribution in [1.29, 1.82) is 0 Å². The Balaban J connectivity index is 1.71. The normalized spacial score (nSPS) is 19.5. The maximum absolute atomic E-state index is 14.2. The molecule has 0 saturated carbocycles. The smallest absolute Gasteiger partial charge is 0.408 e. The van der Waals surface area contributed by atoms with Gasteiger partial charge in [0, 0.05) is 6.42 Å². The van der Waals surface area contributed by atoms with Crippen molar-refractivity contribution in [1.82, 2.24) is 10.2 Å². The second-order valence-electron chi connectivity index (χ2n) is 13.2. The molecule has 0 aromatic heterocycles. The molecule has 1 fully saturated rings. The van der Waals surface area contributed by atoms with Gasteiger partial charge >= 0.3 is 12.1 Å². The van der Waals surface area contributed by atoms with E-state index in [1.165, 1.54) is 4.90 Å². The number of carboxylic acid groups (broad SMARTS) is 1. The minimum Gasteiger partial charge on any atom is -0.480 e. The quantitative estimate of drug-likeness (QED) is 0.317. The van der Waals surface area contributed by atoms with Gasteiger partial charge in [-0.2, -0.15) is 0 Å². The van der Waals surface area contributed by atoms with E-state index in [1.807, 2.05) is 106 Å². The summed E-state index contributed by atoms with van der Waals surface area (Å²) in [4.78, 5) is 40.9. The molecule has 0 aliphatic carbocycles. The number of nitrogens with one attached hydrogen (secondary N) is 1. The molecule has 0 bridgehead atoms. The zero-order chi connectivity index (χ0) is 31.4. The Morgan fingerprint density at radius 2 is 1.44 bits per heavy atom. The molecule has 1 aliphatic heterocycles. The maximum Gasteiger partial charge on any atom is 0.408 e. The molecule has 1 unspecified atom stereocenters. The van der Waals surface area contributed by atoms with E-state index >= 15 is 0 Å². The molecule has 3 atom stereocenters. The number of amides is 2. The molecule has 43 heavy (non-hydrogen) atoms. The second-order valence-corrected chi connectivity index (χ2v) is 13.2. The molecule has 2 amide bonds. The van der Waals surface area contributed by atoms with Crippen LogP contribution in [0.25, 0.3) is 11.1 Å². The van der Waals surface area contributed by atoms with Gasteiger partial charge in [0.2, 0.25) is 5.91 Å². The lowest BCUT2D eigenvalue weighted by Gasteiger charge is -2.36. The Bertz CT molecular complexity index is 1410. The number of benzene rings is 3. The molecule has 1 heterocycles. The Hall–Kier alpha value is -4.17. The predicted octanol–water partition coefficient (Wildman–Crippen LogP) is 6.39. The van der Waals surface area contributed by atoms with Crippen molar-refractivity contribution in [3.63, 3.8) is 0 Å². The number of hydrogen-bond acceptors (Lipinski definition) is 5. The fourth-order valence-electron chi connectivity index (χ4n) is 5.35. The van der Waals surface area contributed by atoms with Gasteiger partial charge in [-0.05, 0) is 48.4 Å². The average Bonchev–Trinajstić information content (AvgIpc) is 3.36. The molecule has 0 spiro atoms. The van der Waals surface area contributed by atoms with E-state index in [-0.39, 0.29) is 19.6 Å². The SMILES string of the molecule is CC(C)(C)OC(=O)N[C@H](C(=O)N1C[C@](OCc2ccccc2)(c2ccc(-c3ccccc3)cc2)CC1C(=O)O)C(C)(C)C. The van der Waals surface area contributed by atoms with Crippen molar-refractivity contribution in [3.05, 3.63) is 96.1 Å². The van der Waals surface area contributed by atoms with Crippen molar-refractivity contribution in [2.24, 2.45) is 5.41 Å². The first-order chi connectivity index (χ1) is 20.2. The Labute approximate surface area is 254 Å². The molecule has 0 radical (unpaired) electrons. The number of alkyl carbamates (subject to hydrolysis) is 1. The standard InChI is InChI=1S/C35H42N2O6/c1-33(2,3)29(36-32(41)43-34(4,5)6)30(38)37-23-35(21-28(37)31(39)40,42-22-24-13-9-7-10-14-24)27-19-17-26(18-20-27)25-15-11-8-12-16-25/h7-20,28-29H,21-23H2,1-6H3,(H,36,41)(H,39,40)/t28?,29-,35+/m1/s1. The van der Waals surface area contributed by atoms with Crippen LogP contribution in [-0.4, -0.2) is 52.2 Å². The van der Waals surface area contributed by atoms with Crippen molar-refractivity contribution in [2.75, 3.05) is 6.54 Å². The number of hydrogen-bond donors (Lipinski definition) is 2. The van der Waals surface area contributed by atoms with Crippen LogP contribution in [0.3, 0.4) is 0 Å². The largest absolute Gasteiger partial charge is 0.480 e. The van der Waals surface area contributed by atoms with Crippen molar-refractivity contribution < 1.29 is 29.0 Å². The van der Waals surface area contributed by atoms with Gasteiger partial charge in [0.25, 0.3) is 0 Å². The first-order valence-corrected chi connectivity index (χ1v) is 14.6. The number of carbonyl (C=O) groups is 3. The van der Waals surface area contributed by atoms with Crippen molar-refractivity contribution in [3.8, 4) is 11.1 Å². The lowest BCUT2D eigenvalue weighted by atomic mass is 9.85. The topological polar surface area (TPSA) is 105 Å². The van der Waals surface area contributed by atoms with E-state index in [2.05, 4.69) is 5.32 Å². The molecule has 4 rings (SSSR count). The summed E-state index contributed by atoms with van der Waals surface area (Å²) in [5.74, 6) is -1.64. The molecular weight excluding hydrogens is 544 g/mol. The number of carbonyl (C=O) groups excluding carboxylic acids is 2. The van der Waals surface area contributed by atoms with Gasteiger partial charge in [0.15, 0.2) is 0 Å². The number of likely N-dealkylation sites (tertiary alicyclic amines) is 1. The zero-order valence-corrected chi connectivity index (χ0v) is 25.8. The average molecular weight is 587 g/mol. The van der Waals surface area contributed by atoms with Gasteiger partial charge < -0.3 is 24.8 Å². The summed E-state index contributed by atoms with van der Waals surface area (Å²) in [6.45, 7) is 10.9. The number of ether oxygens (including phenoxy) is 2. The summed E-state index contributed by atoms with van der Waals surface area (Å²) in [6, 6.07) is 25.3. The maximum atomic E-state index is 14.2. The van der Waals surface area contributed by atoms with E-state index in [9.17, 15) is 19.5 Å². The van der Waals surface area contributed by atoms with Crippen LogP contribution in [0.1, 0.15) is 59.1 Å². The molecule has 228 valence electrons. The highest BCUT2D eigenvalue weighted by atomic mass is 16.6. The summed E-state index contributed by atoms with van der Waals surface area (Å²) in [7, 11) is 0. The molecular formula is C35H42N2O6. The monoisotopic (exact) mass is 586 g/mol. The van der Waals surface area contributed by atoms with Crippen LogP contribution in [0.5, 0.6) is 0 Å². The number of rotatable bonds is 8. The lowest BCUT2D eigenvalue weighted by Crippen LogP contribution is -2.57.